The molecule has 0 bridgehead atoms. The van der Waals surface area contributed by atoms with Crippen molar-refractivity contribution in [2.24, 2.45) is 5.73 Å². The molecule has 0 saturated heterocycles. The summed E-state index contributed by atoms with van der Waals surface area (Å²) in [5.74, 6) is 0. The van der Waals surface area contributed by atoms with Gasteiger partial charge in [-0.05, 0) is 6.07 Å². The quantitative estimate of drug-likeness (QED) is 0.858. The number of aromatic nitrogens is 1. The second kappa shape index (κ2) is 5.25. The van der Waals surface area contributed by atoms with Gasteiger partial charge in [-0.2, -0.15) is 13.2 Å². The molecular weight excluding hydrogens is 261 g/mol. The molecule has 0 aliphatic rings. The first kappa shape index (κ1) is 13.6. The van der Waals surface area contributed by atoms with E-state index in [1.165, 1.54) is 11.8 Å². The Kier molecular flexibility index (Phi) is 4.46. The molecule has 1 heterocycles. The van der Waals surface area contributed by atoms with Crippen LogP contribution >= 0.6 is 23.4 Å². The zero-order valence-corrected chi connectivity index (χ0v) is 9.96. The monoisotopic (exact) mass is 270 g/mol. The lowest BCUT2D eigenvalue weighted by atomic mass is 10.3. The molecule has 1 aromatic rings. The fraction of sp³-hybridized carbons (Fsp3) is 0.444. The highest BCUT2D eigenvalue weighted by atomic mass is 35.5. The Morgan fingerprint density at radius 1 is 1.56 bits per heavy atom. The number of halogens is 4. The van der Waals surface area contributed by atoms with Crippen molar-refractivity contribution in [2.45, 2.75) is 23.4 Å². The van der Waals surface area contributed by atoms with Gasteiger partial charge in [0.2, 0.25) is 0 Å². The van der Waals surface area contributed by atoms with Crippen LogP contribution in [0.15, 0.2) is 17.3 Å². The highest BCUT2D eigenvalue weighted by molar-refractivity contribution is 8.00. The summed E-state index contributed by atoms with van der Waals surface area (Å²) < 4.78 is 36.9. The SMILES string of the molecule is CC(CN)Sc1ncc(C(F)(F)F)cc1Cl. The topological polar surface area (TPSA) is 38.9 Å². The molecule has 0 aliphatic heterocycles. The summed E-state index contributed by atoms with van der Waals surface area (Å²) >= 11 is 6.97. The van der Waals surface area contributed by atoms with Gasteiger partial charge in [-0.1, -0.05) is 18.5 Å². The lowest BCUT2D eigenvalue weighted by molar-refractivity contribution is -0.137. The third-order valence-corrected chi connectivity index (χ3v) is 3.32. The second-order valence-corrected chi connectivity index (χ2v) is 5.01. The van der Waals surface area contributed by atoms with Crippen LogP contribution in [-0.2, 0) is 6.18 Å². The Bertz CT molecular complexity index is 370. The molecule has 1 aromatic heterocycles. The normalized spacial score (nSPS) is 13.9. The van der Waals surface area contributed by atoms with Crippen molar-refractivity contribution in [3.05, 3.63) is 22.8 Å². The van der Waals surface area contributed by atoms with Crippen molar-refractivity contribution in [2.75, 3.05) is 6.54 Å². The molecule has 2 nitrogen and oxygen atoms in total. The van der Waals surface area contributed by atoms with Crippen LogP contribution in [0.5, 0.6) is 0 Å². The van der Waals surface area contributed by atoms with E-state index in [-0.39, 0.29) is 10.3 Å². The van der Waals surface area contributed by atoms with E-state index in [2.05, 4.69) is 4.98 Å². The Morgan fingerprint density at radius 3 is 2.62 bits per heavy atom. The molecule has 1 unspecified atom stereocenters. The van der Waals surface area contributed by atoms with Gasteiger partial charge in [0.1, 0.15) is 5.03 Å². The molecule has 0 radical (unpaired) electrons. The third kappa shape index (κ3) is 3.54. The first-order valence-electron chi connectivity index (χ1n) is 4.44. The first-order chi connectivity index (χ1) is 7.34. The van der Waals surface area contributed by atoms with Crippen molar-refractivity contribution in [1.29, 1.82) is 0 Å². The molecule has 7 heteroatoms. The lowest BCUT2D eigenvalue weighted by Crippen LogP contribution is -2.13. The van der Waals surface area contributed by atoms with Crippen LogP contribution in [0.4, 0.5) is 13.2 Å². The van der Waals surface area contributed by atoms with E-state index in [1.54, 1.807) is 0 Å². The molecule has 0 spiro atoms. The Morgan fingerprint density at radius 2 is 2.19 bits per heavy atom. The fourth-order valence-corrected chi connectivity index (χ4v) is 1.97. The zero-order chi connectivity index (χ0) is 12.3. The number of alkyl halides is 3. The summed E-state index contributed by atoms with van der Waals surface area (Å²) in [7, 11) is 0. The highest BCUT2D eigenvalue weighted by Crippen LogP contribution is 2.34. The Hall–Kier alpha value is -0.460. The number of pyridine rings is 1. The number of rotatable bonds is 3. The minimum atomic E-state index is -4.42. The molecule has 16 heavy (non-hydrogen) atoms. The van der Waals surface area contributed by atoms with Gasteiger partial charge >= 0.3 is 6.18 Å². The molecule has 1 atom stereocenters. The van der Waals surface area contributed by atoms with Crippen LogP contribution in [0.2, 0.25) is 5.02 Å². The number of hydrogen-bond donors (Lipinski definition) is 1. The predicted molar refractivity (Wildman–Crippen MR) is 58.6 cm³/mol. The van der Waals surface area contributed by atoms with E-state index in [0.29, 0.717) is 11.6 Å². The van der Waals surface area contributed by atoms with Gasteiger partial charge in [-0.15, -0.1) is 11.8 Å². The average Bonchev–Trinajstić information content (AvgIpc) is 2.19. The minimum Gasteiger partial charge on any atom is -0.329 e. The number of nitrogens with two attached hydrogens (primary N) is 1. The van der Waals surface area contributed by atoms with Crippen molar-refractivity contribution in [3.8, 4) is 0 Å². The van der Waals surface area contributed by atoms with Gasteiger partial charge in [0.05, 0.1) is 10.6 Å². The standard InChI is InChI=1S/C9H10ClF3N2S/c1-5(3-14)16-8-7(10)2-6(4-15-8)9(11,12)13/h2,4-5H,3,14H2,1H3. The van der Waals surface area contributed by atoms with E-state index < -0.39 is 11.7 Å². The first-order valence-corrected chi connectivity index (χ1v) is 5.70. The van der Waals surface area contributed by atoms with Crippen molar-refractivity contribution < 1.29 is 13.2 Å². The highest BCUT2D eigenvalue weighted by Gasteiger charge is 2.31. The third-order valence-electron chi connectivity index (χ3n) is 1.78. The van der Waals surface area contributed by atoms with Crippen molar-refractivity contribution >= 4 is 23.4 Å². The molecule has 0 amide bonds. The summed E-state index contributed by atoms with van der Waals surface area (Å²) in [5, 5.41) is 0.425. The van der Waals surface area contributed by atoms with Crippen LogP contribution in [0.25, 0.3) is 0 Å². The maximum atomic E-state index is 12.3. The average molecular weight is 271 g/mol. The maximum absolute atomic E-state index is 12.3. The van der Waals surface area contributed by atoms with E-state index in [4.69, 9.17) is 17.3 Å². The molecule has 0 saturated carbocycles. The smallest absolute Gasteiger partial charge is 0.329 e. The van der Waals surface area contributed by atoms with Crippen molar-refractivity contribution in [3.63, 3.8) is 0 Å². The van der Waals surface area contributed by atoms with Gasteiger partial charge in [-0.25, -0.2) is 4.98 Å². The molecule has 0 aromatic carbocycles. The van der Waals surface area contributed by atoms with E-state index >= 15 is 0 Å². The van der Waals surface area contributed by atoms with E-state index in [9.17, 15) is 13.2 Å². The summed E-state index contributed by atoms with van der Waals surface area (Å²) in [6.07, 6.45) is -3.64. The van der Waals surface area contributed by atoms with Gasteiger partial charge in [-0.3, -0.25) is 0 Å². The van der Waals surface area contributed by atoms with Gasteiger partial charge < -0.3 is 5.73 Å². The van der Waals surface area contributed by atoms with Gasteiger partial charge in [0.25, 0.3) is 0 Å². The number of nitrogens with zero attached hydrogens (tertiary/aromatic N) is 1. The van der Waals surface area contributed by atoms with Gasteiger partial charge in [0.15, 0.2) is 0 Å². The van der Waals surface area contributed by atoms with E-state index in [1.807, 2.05) is 6.92 Å². The largest absolute Gasteiger partial charge is 0.417 e. The lowest BCUT2D eigenvalue weighted by Gasteiger charge is -2.11. The van der Waals surface area contributed by atoms with E-state index in [0.717, 1.165) is 12.3 Å². The van der Waals surface area contributed by atoms with Crippen LogP contribution in [0, 0.1) is 0 Å². The molecular formula is C9H10ClF3N2S. The van der Waals surface area contributed by atoms with Crippen LogP contribution in [-0.4, -0.2) is 16.8 Å². The minimum absolute atomic E-state index is 0.000116. The van der Waals surface area contributed by atoms with Crippen LogP contribution < -0.4 is 5.73 Å². The Balaban J connectivity index is 2.92. The predicted octanol–water partition coefficient (Wildman–Crippen LogP) is 3.19. The molecule has 0 aliphatic carbocycles. The second-order valence-electron chi connectivity index (χ2n) is 3.17. The summed E-state index contributed by atoms with van der Waals surface area (Å²) in [5.41, 5.74) is 4.55. The fourth-order valence-electron chi connectivity index (χ4n) is 0.906. The van der Waals surface area contributed by atoms with Gasteiger partial charge in [0, 0.05) is 18.0 Å². The van der Waals surface area contributed by atoms with Crippen LogP contribution in [0.1, 0.15) is 12.5 Å². The molecule has 2 N–H and O–H groups in total. The summed E-state index contributed by atoms with van der Waals surface area (Å²) in [4.78, 5) is 3.69. The van der Waals surface area contributed by atoms with Crippen LogP contribution in [0.3, 0.4) is 0 Å². The van der Waals surface area contributed by atoms with Crippen molar-refractivity contribution in [1.82, 2.24) is 4.98 Å². The molecule has 0 fully saturated rings. The number of hydrogen-bond acceptors (Lipinski definition) is 3. The Labute approximate surface area is 100 Å². The zero-order valence-electron chi connectivity index (χ0n) is 8.38. The number of thioether (sulfide) groups is 1. The summed E-state index contributed by atoms with van der Waals surface area (Å²) in [6.45, 7) is 2.25. The molecule has 1 rings (SSSR count). The summed E-state index contributed by atoms with van der Waals surface area (Å²) in [6, 6.07) is 0.875. The molecule has 90 valence electrons. The maximum Gasteiger partial charge on any atom is 0.417 e.